The van der Waals surface area contributed by atoms with Crippen LogP contribution < -0.4 is 0 Å². The Morgan fingerprint density at radius 2 is 2.35 bits per heavy atom. The van der Waals surface area contributed by atoms with Crippen molar-refractivity contribution < 1.29 is 9.90 Å². The Hall–Kier alpha value is -2.02. The highest BCUT2D eigenvalue weighted by Crippen LogP contribution is 2.17. The molecule has 7 nitrogen and oxygen atoms in total. The molecule has 1 atom stereocenters. The predicted molar refractivity (Wildman–Crippen MR) is 71.3 cm³/mol. The smallest absolute Gasteiger partial charge is 0.257 e. The van der Waals surface area contributed by atoms with E-state index in [0.29, 0.717) is 30.9 Å². The summed E-state index contributed by atoms with van der Waals surface area (Å²) in [5.74, 6) is 0.405. The number of β-amino-alcohol motifs (C(OH)–C–C–N with tert-alkyl or cyclic N) is 1. The van der Waals surface area contributed by atoms with E-state index in [0.717, 1.165) is 18.5 Å². The van der Waals surface area contributed by atoms with Crippen LogP contribution in [-0.4, -0.2) is 54.7 Å². The number of rotatable bonds is 2. The summed E-state index contributed by atoms with van der Waals surface area (Å²) < 4.78 is 1.60. The molecule has 1 unspecified atom stereocenters. The summed E-state index contributed by atoms with van der Waals surface area (Å²) in [6.07, 6.45) is 4.81. The monoisotopic (exact) mass is 275 g/mol. The third-order valence-electron chi connectivity index (χ3n) is 3.65. The zero-order chi connectivity index (χ0) is 14.1. The van der Waals surface area contributed by atoms with Crippen LogP contribution in [0, 0.1) is 0 Å². The van der Waals surface area contributed by atoms with Gasteiger partial charge in [0, 0.05) is 19.3 Å². The molecule has 0 spiro atoms. The number of aromatic nitrogens is 4. The molecule has 0 bridgehead atoms. The second-order valence-corrected chi connectivity index (χ2v) is 4.99. The number of nitrogens with zero attached hydrogens (tertiary/aromatic N) is 5. The molecule has 0 aliphatic carbocycles. The normalized spacial score (nSPS) is 19.5. The zero-order valence-corrected chi connectivity index (χ0v) is 11.4. The second kappa shape index (κ2) is 5.16. The minimum absolute atomic E-state index is 0.0921. The van der Waals surface area contributed by atoms with E-state index < -0.39 is 6.10 Å². The molecule has 1 N–H and O–H groups in total. The molecule has 1 saturated heterocycles. The average molecular weight is 275 g/mol. The van der Waals surface area contributed by atoms with Gasteiger partial charge in [-0.05, 0) is 19.3 Å². The summed E-state index contributed by atoms with van der Waals surface area (Å²) in [6, 6.07) is 0. The molecule has 0 aromatic carbocycles. The number of carbonyl (C=O) groups is 1. The van der Waals surface area contributed by atoms with E-state index in [2.05, 4.69) is 15.1 Å². The van der Waals surface area contributed by atoms with E-state index in [1.807, 2.05) is 6.92 Å². The molecular formula is C13H17N5O2. The maximum Gasteiger partial charge on any atom is 0.257 e. The van der Waals surface area contributed by atoms with Crippen molar-refractivity contribution in [1.82, 2.24) is 24.5 Å². The number of aryl methyl sites for hydroxylation is 1. The Balaban J connectivity index is 1.98. The van der Waals surface area contributed by atoms with E-state index in [1.165, 1.54) is 6.33 Å². The highest BCUT2D eigenvalue weighted by molar-refractivity contribution is 5.95. The van der Waals surface area contributed by atoms with Gasteiger partial charge in [-0.15, -0.1) is 0 Å². The van der Waals surface area contributed by atoms with Gasteiger partial charge in [0.2, 0.25) is 0 Å². The number of hydrogen-bond acceptors (Lipinski definition) is 5. The Morgan fingerprint density at radius 1 is 1.50 bits per heavy atom. The maximum atomic E-state index is 12.6. The zero-order valence-electron chi connectivity index (χ0n) is 11.4. The Kier molecular flexibility index (Phi) is 3.35. The molecule has 20 heavy (non-hydrogen) atoms. The van der Waals surface area contributed by atoms with Crippen LogP contribution in [0.3, 0.4) is 0 Å². The van der Waals surface area contributed by atoms with Crippen molar-refractivity contribution in [3.63, 3.8) is 0 Å². The lowest BCUT2D eigenvalue weighted by Gasteiger charge is -2.30. The van der Waals surface area contributed by atoms with E-state index in [4.69, 9.17) is 0 Å². The lowest BCUT2D eigenvalue weighted by atomic mass is 10.1. The van der Waals surface area contributed by atoms with Crippen LogP contribution in [0.25, 0.3) is 5.78 Å². The van der Waals surface area contributed by atoms with Gasteiger partial charge in [0.05, 0.1) is 17.4 Å². The first-order valence-electron chi connectivity index (χ1n) is 6.85. The molecule has 106 valence electrons. The molecule has 2 aromatic heterocycles. The van der Waals surface area contributed by atoms with Crippen molar-refractivity contribution in [2.75, 3.05) is 13.1 Å². The van der Waals surface area contributed by atoms with Gasteiger partial charge in [-0.25, -0.2) is 9.50 Å². The van der Waals surface area contributed by atoms with Crippen molar-refractivity contribution in [3.8, 4) is 0 Å². The fourth-order valence-electron chi connectivity index (χ4n) is 2.65. The number of fused-ring (bicyclic) bond motifs is 1. The molecule has 3 rings (SSSR count). The van der Waals surface area contributed by atoms with Gasteiger partial charge in [-0.2, -0.15) is 10.1 Å². The summed E-state index contributed by atoms with van der Waals surface area (Å²) in [5.41, 5.74) is 1.34. The van der Waals surface area contributed by atoms with E-state index >= 15 is 0 Å². The summed E-state index contributed by atoms with van der Waals surface area (Å²) in [5, 5.41) is 13.8. The third-order valence-corrected chi connectivity index (χ3v) is 3.65. The number of aliphatic hydroxyl groups excluding tert-OH is 1. The number of hydrogen-bond donors (Lipinski definition) is 1. The molecule has 1 aliphatic rings. The summed E-state index contributed by atoms with van der Waals surface area (Å²) in [4.78, 5) is 22.5. The fourth-order valence-corrected chi connectivity index (χ4v) is 2.65. The molecular weight excluding hydrogens is 258 g/mol. The SMILES string of the molecule is CCc1c(C(=O)N2CCCC(O)C2)cnc2ncnn12. The van der Waals surface area contributed by atoms with Gasteiger partial charge in [-0.1, -0.05) is 6.92 Å². The minimum Gasteiger partial charge on any atom is -0.391 e. The van der Waals surface area contributed by atoms with E-state index in [1.54, 1.807) is 15.6 Å². The quantitative estimate of drug-likeness (QED) is 0.851. The number of piperidine rings is 1. The topological polar surface area (TPSA) is 83.6 Å². The molecule has 0 radical (unpaired) electrons. The first kappa shape index (κ1) is 13.0. The lowest BCUT2D eigenvalue weighted by Crippen LogP contribution is -2.42. The van der Waals surface area contributed by atoms with Crippen molar-refractivity contribution in [2.45, 2.75) is 32.3 Å². The molecule has 2 aromatic rings. The van der Waals surface area contributed by atoms with E-state index in [-0.39, 0.29) is 5.91 Å². The first-order valence-corrected chi connectivity index (χ1v) is 6.85. The Morgan fingerprint density at radius 3 is 3.10 bits per heavy atom. The van der Waals surface area contributed by atoms with Gasteiger partial charge >= 0.3 is 0 Å². The maximum absolute atomic E-state index is 12.6. The molecule has 1 aliphatic heterocycles. The first-order chi connectivity index (χ1) is 9.70. The summed E-state index contributed by atoms with van der Waals surface area (Å²) >= 11 is 0. The van der Waals surface area contributed by atoms with Crippen LogP contribution in [0.1, 0.15) is 35.8 Å². The Bertz CT molecular complexity index is 639. The molecule has 1 fully saturated rings. The highest BCUT2D eigenvalue weighted by Gasteiger charge is 2.25. The average Bonchev–Trinajstić information content (AvgIpc) is 2.93. The van der Waals surface area contributed by atoms with Crippen LogP contribution in [0.4, 0.5) is 0 Å². The van der Waals surface area contributed by atoms with Crippen LogP contribution in [0.15, 0.2) is 12.5 Å². The fraction of sp³-hybridized carbons (Fsp3) is 0.538. The van der Waals surface area contributed by atoms with Crippen molar-refractivity contribution >= 4 is 11.7 Å². The largest absolute Gasteiger partial charge is 0.391 e. The third kappa shape index (κ3) is 2.14. The van der Waals surface area contributed by atoms with Crippen LogP contribution in [0.5, 0.6) is 0 Å². The van der Waals surface area contributed by atoms with Crippen LogP contribution >= 0.6 is 0 Å². The van der Waals surface area contributed by atoms with Crippen molar-refractivity contribution in [1.29, 1.82) is 0 Å². The number of carbonyl (C=O) groups excluding carboxylic acids is 1. The molecule has 3 heterocycles. The number of likely N-dealkylation sites (tertiary alicyclic amines) is 1. The van der Waals surface area contributed by atoms with Gasteiger partial charge in [0.15, 0.2) is 0 Å². The Labute approximate surface area is 116 Å². The second-order valence-electron chi connectivity index (χ2n) is 4.99. The standard InChI is InChI=1S/C13H17N5O2/c1-2-11-10(6-14-13-15-8-16-18(11)13)12(20)17-5-3-4-9(19)7-17/h6,8-9,19H,2-5,7H2,1H3. The van der Waals surface area contributed by atoms with Crippen molar-refractivity contribution in [3.05, 3.63) is 23.8 Å². The lowest BCUT2D eigenvalue weighted by molar-refractivity contribution is 0.0472. The van der Waals surface area contributed by atoms with Crippen LogP contribution in [0.2, 0.25) is 0 Å². The molecule has 1 amide bonds. The van der Waals surface area contributed by atoms with Gasteiger partial charge in [-0.3, -0.25) is 4.79 Å². The van der Waals surface area contributed by atoms with Crippen LogP contribution in [-0.2, 0) is 6.42 Å². The summed E-state index contributed by atoms with van der Waals surface area (Å²) in [6.45, 7) is 3.03. The molecule has 7 heteroatoms. The number of amides is 1. The molecule has 0 saturated carbocycles. The predicted octanol–water partition coefficient (Wildman–Crippen LogP) is 0.284. The highest BCUT2D eigenvalue weighted by atomic mass is 16.3. The van der Waals surface area contributed by atoms with E-state index in [9.17, 15) is 9.90 Å². The van der Waals surface area contributed by atoms with Gasteiger partial charge < -0.3 is 10.0 Å². The van der Waals surface area contributed by atoms with Crippen molar-refractivity contribution in [2.24, 2.45) is 0 Å². The minimum atomic E-state index is -0.430. The number of aliphatic hydroxyl groups is 1. The summed E-state index contributed by atoms with van der Waals surface area (Å²) in [7, 11) is 0. The van der Waals surface area contributed by atoms with Gasteiger partial charge in [0.25, 0.3) is 11.7 Å². The van der Waals surface area contributed by atoms with Gasteiger partial charge in [0.1, 0.15) is 6.33 Å².